The monoisotopic (exact) mass is 522 g/mol. The van der Waals surface area contributed by atoms with Gasteiger partial charge in [0.15, 0.2) is 5.78 Å². The maximum atomic E-state index is 13.8. The molecule has 2 aromatic rings. The van der Waals surface area contributed by atoms with E-state index in [1.54, 1.807) is 6.20 Å². The number of aromatic nitrogens is 2. The highest BCUT2D eigenvalue weighted by molar-refractivity contribution is 6.04. The minimum absolute atomic E-state index is 0.136. The number of ketones is 1. The molecule has 0 saturated heterocycles. The molecule has 38 heavy (non-hydrogen) atoms. The third-order valence-corrected chi connectivity index (χ3v) is 8.07. The molecule has 0 radical (unpaired) electrons. The lowest BCUT2D eigenvalue weighted by atomic mass is 9.81. The number of Topliss-reactive ketones (excluding diaryl/α,β-unsaturated/α-hetero) is 1. The molecule has 1 fully saturated rings. The van der Waals surface area contributed by atoms with Crippen molar-refractivity contribution in [2.75, 3.05) is 0 Å². The van der Waals surface area contributed by atoms with Gasteiger partial charge in [0.25, 0.3) is 0 Å². The normalized spacial score (nSPS) is 18.3. The number of carbonyl (C=O) groups excluding carboxylic acids is 2. The number of benzene rings is 1. The van der Waals surface area contributed by atoms with Crippen LogP contribution in [0.3, 0.4) is 0 Å². The zero-order valence-electron chi connectivity index (χ0n) is 23.0. The summed E-state index contributed by atoms with van der Waals surface area (Å²) >= 11 is 0. The quantitative estimate of drug-likeness (QED) is 0.204. The molecule has 208 valence electrons. The summed E-state index contributed by atoms with van der Waals surface area (Å²) in [6.07, 6.45) is 11.9. The van der Waals surface area contributed by atoms with Gasteiger partial charge in [0, 0.05) is 12.6 Å². The fourth-order valence-corrected chi connectivity index (χ4v) is 5.62. The van der Waals surface area contributed by atoms with Gasteiger partial charge in [0.05, 0.1) is 30.2 Å². The third-order valence-electron chi connectivity index (χ3n) is 8.07. The number of hydrogen-bond acceptors (Lipinski definition) is 5. The molecule has 1 aliphatic carbocycles. The first-order valence-corrected chi connectivity index (χ1v) is 14.2. The second-order valence-electron chi connectivity index (χ2n) is 11.3. The number of carbonyl (C=O) groups is 2. The summed E-state index contributed by atoms with van der Waals surface area (Å²) < 4.78 is 0. The predicted molar refractivity (Wildman–Crippen MR) is 151 cm³/mol. The van der Waals surface area contributed by atoms with Gasteiger partial charge in [-0.25, -0.2) is 4.98 Å². The van der Waals surface area contributed by atoms with Gasteiger partial charge >= 0.3 is 0 Å². The molecule has 1 aromatic heterocycles. The van der Waals surface area contributed by atoms with Crippen molar-refractivity contribution in [3.63, 3.8) is 0 Å². The molecule has 2 unspecified atom stereocenters. The van der Waals surface area contributed by atoms with E-state index in [9.17, 15) is 14.7 Å². The van der Waals surface area contributed by atoms with Crippen LogP contribution >= 0.6 is 0 Å². The summed E-state index contributed by atoms with van der Waals surface area (Å²) in [5, 5.41) is 14.4. The van der Waals surface area contributed by atoms with Crippen molar-refractivity contribution in [1.82, 2.24) is 15.3 Å². The van der Waals surface area contributed by atoms with E-state index in [1.165, 1.54) is 25.6 Å². The summed E-state index contributed by atoms with van der Waals surface area (Å²) in [6.45, 7) is 8.17. The lowest BCUT2D eigenvalue weighted by Gasteiger charge is -2.33. The molecule has 1 amide bonds. The van der Waals surface area contributed by atoms with Crippen molar-refractivity contribution in [2.45, 2.75) is 89.8 Å². The zero-order valence-corrected chi connectivity index (χ0v) is 23.0. The van der Waals surface area contributed by atoms with Crippen LogP contribution in [0, 0.1) is 23.7 Å². The molecule has 0 spiro atoms. The van der Waals surface area contributed by atoms with Gasteiger partial charge in [-0.15, -0.1) is 6.58 Å². The highest BCUT2D eigenvalue weighted by Crippen LogP contribution is 2.30. The number of rotatable bonds is 15. The number of nitrogens with zero attached hydrogens (tertiary/aromatic N) is 1. The van der Waals surface area contributed by atoms with Crippen molar-refractivity contribution >= 4 is 11.7 Å². The number of aliphatic hydroxyl groups excluding tert-OH is 1. The van der Waals surface area contributed by atoms with Crippen LogP contribution in [0.1, 0.15) is 70.1 Å². The van der Waals surface area contributed by atoms with Gasteiger partial charge in [-0.3, -0.25) is 9.59 Å². The number of aromatic amines is 1. The number of aliphatic hydroxyl groups is 1. The summed E-state index contributed by atoms with van der Waals surface area (Å²) in [5.74, 6) is -0.772. The van der Waals surface area contributed by atoms with Gasteiger partial charge in [-0.05, 0) is 42.6 Å². The van der Waals surface area contributed by atoms with Gasteiger partial charge in [-0.2, -0.15) is 0 Å². The summed E-state index contributed by atoms with van der Waals surface area (Å²) in [6, 6.07) is 8.33. The Morgan fingerprint density at radius 1 is 1.18 bits per heavy atom. The van der Waals surface area contributed by atoms with E-state index in [2.05, 4.69) is 35.7 Å². The average Bonchev–Trinajstić information content (AvgIpc) is 3.43. The Kier molecular flexibility index (Phi) is 11.7. The molecule has 5 atom stereocenters. The topological polar surface area (TPSA) is 121 Å². The average molecular weight is 523 g/mol. The Morgan fingerprint density at radius 3 is 2.50 bits per heavy atom. The van der Waals surface area contributed by atoms with E-state index >= 15 is 0 Å². The number of imidazole rings is 1. The highest BCUT2D eigenvalue weighted by atomic mass is 16.3. The van der Waals surface area contributed by atoms with Crippen LogP contribution in [-0.4, -0.2) is 45.0 Å². The van der Waals surface area contributed by atoms with Gasteiger partial charge in [0.1, 0.15) is 5.92 Å². The molecular formula is C31H46N4O3. The number of nitrogens with two attached hydrogens (primary N) is 1. The molecular weight excluding hydrogens is 476 g/mol. The lowest BCUT2D eigenvalue weighted by Crippen LogP contribution is -2.51. The first-order chi connectivity index (χ1) is 18.3. The van der Waals surface area contributed by atoms with Crippen LogP contribution in [0.15, 0.2) is 55.5 Å². The summed E-state index contributed by atoms with van der Waals surface area (Å²) in [7, 11) is 0. The van der Waals surface area contributed by atoms with Gasteiger partial charge in [-0.1, -0.05) is 82.4 Å². The van der Waals surface area contributed by atoms with Crippen molar-refractivity contribution in [2.24, 2.45) is 29.4 Å². The van der Waals surface area contributed by atoms with E-state index < -0.39 is 24.1 Å². The second kappa shape index (κ2) is 15.0. The Hall–Kier alpha value is -2.77. The van der Waals surface area contributed by atoms with Gasteiger partial charge < -0.3 is 21.1 Å². The van der Waals surface area contributed by atoms with Crippen LogP contribution in [0.4, 0.5) is 0 Å². The Morgan fingerprint density at radius 2 is 1.89 bits per heavy atom. The first-order valence-electron chi connectivity index (χ1n) is 14.2. The van der Waals surface area contributed by atoms with Crippen LogP contribution in [0.25, 0.3) is 0 Å². The maximum absolute atomic E-state index is 13.8. The molecule has 1 aromatic carbocycles. The molecule has 7 nitrogen and oxygen atoms in total. The smallest absolute Gasteiger partial charge is 0.231 e. The third kappa shape index (κ3) is 8.91. The summed E-state index contributed by atoms with van der Waals surface area (Å²) in [5.41, 5.74) is 7.93. The van der Waals surface area contributed by atoms with E-state index in [0.717, 1.165) is 18.4 Å². The molecule has 0 bridgehead atoms. The lowest BCUT2D eigenvalue weighted by molar-refractivity contribution is -0.136. The van der Waals surface area contributed by atoms with Crippen LogP contribution in [-0.2, 0) is 22.4 Å². The standard InChI is InChI=1S/C31H46N4O3/c1-4-24(21(2)3)17-29(36)28(16-23-13-9-6-10-14-23)35-31(38)26(18-25-19-33-20-34-25)30(37)27(32)15-22-11-7-5-8-12-22/h4-5,7-8,11-12,19-21,23-24,26-29,36H,1,6,9-10,13-18,32H2,2-3H3,(H,33,34)(H,35,38)/t24-,26?,27-,28?,29-/m0/s1. The molecule has 1 saturated carbocycles. The zero-order chi connectivity index (χ0) is 27.5. The van der Waals surface area contributed by atoms with Gasteiger partial charge in [0.2, 0.25) is 5.91 Å². The van der Waals surface area contributed by atoms with Crippen LogP contribution in [0.5, 0.6) is 0 Å². The predicted octanol–water partition coefficient (Wildman–Crippen LogP) is 4.37. The molecule has 1 aliphatic rings. The first kappa shape index (κ1) is 29.8. The van der Waals surface area contributed by atoms with E-state index in [1.807, 2.05) is 36.4 Å². The Bertz CT molecular complexity index is 986. The van der Waals surface area contributed by atoms with Crippen molar-refractivity contribution < 1.29 is 14.7 Å². The molecule has 1 heterocycles. The number of H-pyrrole nitrogens is 1. The van der Waals surface area contributed by atoms with Crippen LogP contribution in [0.2, 0.25) is 0 Å². The molecule has 7 heteroatoms. The van der Waals surface area contributed by atoms with E-state index in [4.69, 9.17) is 5.73 Å². The molecule has 5 N–H and O–H groups in total. The van der Waals surface area contributed by atoms with E-state index in [-0.39, 0.29) is 24.0 Å². The minimum atomic E-state index is -0.988. The van der Waals surface area contributed by atoms with Crippen molar-refractivity contribution in [3.8, 4) is 0 Å². The number of hydrogen-bond donors (Lipinski definition) is 4. The van der Waals surface area contributed by atoms with E-state index in [0.29, 0.717) is 36.8 Å². The largest absolute Gasteiger partial charge is 0.391 e. The Balaban J connectivity index is 1.79. The highest BCUT2D eigenvalue weighted by Gasteiger charge is 2.35. The fraction of sp³-hybridized carbons (Fsp3) is 0.581. The SMILES string of the molecule is C=C[C@@H](C[C@H](O)C(CC1CCCCC1)NC(=O)C(Cc1c[nH]cn1)C(=O)[C@@H](N)Cc1ccccc1)C(C)C. The minimum Gasteiger partial charge on any atom is -0.391 e. The number of allylic oxidation sites excluding steroid dienone is 1. The molecule has 0 aliphatic heterocycles. The number of amides is 1. The number of nitrogens with one attached hydrogen (secondary N) is 2. The molecule has 3 rings (SSSR count). The van der Waals surface area contributed by atoms with Crippen molar-refractivity contribution in [3.05, 3.63) is 66.8 Å². The fourth-order valence-electron chi connectivity index (χ4n) is 5.62. The Labute approximate surface area is 227 Å². The maximum Gasteiger partial charge on any atom is 0.231 e. The van der Waals surface area contributed by atoms with Crippen molar-refractivity contribution in [1.29, 1.82) is 0 Å². The second-order valence-corrected chi connectivity index (χ2v) is 11.3. The van der Waals surface area contributed by atoms with Crippen LogP contribution < -0.4 is 11.1 Å². The summed E-state index contributed by atoms with van der Waals surface area (Å²) in [4.78, 5) is 34.5.